The highest BCUT2D eigenvalue weighted by molar-refractivity contribution is 8.00. The minimum absolute atomic E-state index is 0.0705. The maximum Gasteiger partial charge on any atom is 0.269 e. The standard InChI is InChI=1S/C20H22N2O3S/c23-20(15-26-19-8-6-18(7-9-19)22(24)25)21-12-10-17(11-13-21)14-16-4-2-1-3-5-16/h1-9,17H,10-15H2. The Bertz CT molecular complexity index is 741. The first-order valence-corrected chi connectivity index (χ1v) is 9.79. The molecule has 1 aliphatic heterocycles. The van der Waals surface area contributed by atoms with Crippen LogP contribution >= 0.6 is 11.8 Å². The smallest absolute Gasteiger partial charge is 0.269 e. The van der Waals surface area contributed by atoms with Gasteiger partial charge in [-0.2, -0.15) is 0 Å². The van der Waals surface area contributed by atoms with E-state index in [-0.39, 0.29) is 11.6 Å². The van der Waals surface area contributed by atoms with Crippen molar-refractivity contribution < 1.29 is 9.72 Å². The summed E-state index contributed by atoms with van der Waals surface area (Å²) < 4.78 is 0. The number of hydrogen-bond donors (Lipinski definition) is 0. The Morgan fingerprint density at radius 3 is 2.35 bits per heavy atom. The minimum Gasteiger partial charge on any atom is -0.342 e. The number of amides is 1. The number of carbonyl (C=O) groups is 1. The molecule has 0 N–H and O–H groups in total. The van der Waals surface area contributed by atoms with Crippen LogP contribution in [0.25, 0.3) is 0 Å². The molecule has 1 amide bonds. The number of nitro groups is 1. The molecule has 1 heterocycles. The highest BCUT2D eigenvalue weighted by Gasteiger charge is 2.22. The number of thioether (sulfide) groups is 1. The number of piperidine rings is 1. The zero-order valence-electron chi connectivity index (χ0n) is 14.5. The number of likely N-dealkylation sites (tertiary alicyclic amines) is 1. The van der Waals surface area contributed by atoms with Crippen LogP contribution in [-0.2, 0) is 11.2 Å². The molecule has 0 bridgehead atoms. The van der Waals surface area contributed by atoms with Crippen LogP contribution in [0.3, 0.4) is 0 Å². The largest absolute Gasteiger partial charge is 0.342 e. The van der Waals surface area contributed by atoms with E-state index in [2.05, 4.69) is 24.3 Å². The Balaban J connectivity index is 1.42. The van der Waals surface area contributed by atoms with E-state index in [1.807, 2.05) is 11.0 Å². The second-order valence-electron chi connectivity index (χ2n) is 6.55. The molecule has 26 heavy (non-hydrogen) atoms. The third-order valence-corrected chi connectivity index (χ3v) is 5.74. The predicted molar refractivity (Wildman–Crippen MR) is 103 cm³/mol. The molecule has 0 aromatic heterocycles. The number of carbonyl (C=O) groups excluding carboxylic acids is 1. The van der Waals surface area contributed by atoms with Crippen molar-refractivity contribution in [3.05, 3.63) is 70.3 Å². The van der Waals surface area contributed by atoms with E-state index in [0.717, 1.165) is 37.2 Å². The maximum absolute atomic E-state index is 12.4. The van der Waals surface area contributed by atoms with E-state index in [1.165, 1.54) is 29.5 Å². The Morgan fingerprint density at radius 1 is 1.08 bits per heavy atom. The SMILES string of the molecule is O=C(CSc1ccc([N+](=O)[O-])cc1)N1CCC(Cc2ccccc2)CC1. The van der Waals surface area contributed by atoms with Gasteiger partial charge in [0.1, 0.15) is 0 Å². The van der Waals surface area contributed by atoms with Crippen molar-refractivity contribution >= 4 is 23.4 Å². The van der Waals surface area contributed by atoms with Crippen molar-refractivity contribution in [2.75, 3.05) is 18.8 Å². The van der Waals surface area contributed by atoms with Gasteiger partial charge in [0.05, 0.1) is 10.7 Å². The molecule has 0 spiro atoms. The summed E-state index contributed by atoms with van der Waals surface area (Å²) in [6.45, 7) is 1.63. The topological polar surface area (TPSA) is 63.4 Å². The average Bonchev–Trinajstić information content (AvgIpc) is 2.68. The Morgan fingerprint density at radius 2 is 1.73 bits per heavy atom. The van der Waals surface area contributed by atoms with Gasteiger partial charge < -0.3 is 4.90 Å². The zero-order valence-corrected chi connectivity index (χ0v) is 15.4. The van der Waals surface area contributed by atoms with Crippen LogP contribution in [0.1, 0.15) is 18.4 Å². The van der Waals surface area contributed by atoms with Gasteiger partial charge in [-0.1, -0.05) is 30.3 Å². The summed E-state index contributed by atoms with van der Waals surface area (Å²) in [5.74, 6) is 1.16. The Kier molecular flexibility index (Phi) is 6.28. The van der Waals surface area contributed by atoms with Gasteiger partial charge in [0, 0.05) is 30.1 Å². The van der Waals surface area contributed by atoms with Gasteiger partial charge in [0.25, 0.3) is 5.69 Å². The van der Waals surface area contributed by atoms with Gasteiger partial charge in [-0.05, 0) is 42.9 Å². The highest BCUT2D eigenvalue weighted by Crippen LogP contribution is 2.24. The van der Waals surface area contributed by atoms with Crippen LogP contribution in [0.15, 0.2) is 59.5 Å². The second-order valence-corrected chi connectivity index (χ2v) is 7.60. The van der Waals surface area contributed by atoms with Gasteiger partial charge in [-0.15, -0.1) is 11.8 Å². The number of nitro benzene ring substituents is 1. The first kappa shape index (κ1) is 18.5. The van der Waals surface area contributed by atoms with Crippen LogP contribution in [0.2, 0.25) is 0 Å². The first-order valence-electron chi connectivity index (χ1n) is 8.81. The van der Waals surface area contributed by atoms with Crippen LogP contribution in [-0.4, -0.2) is 34.6 Å². The summed E-state index contributed by atoms with van der Waals surface area (Å²) in [5.41, 5.74) is 1.44. The Labute approximate surface area is 157 Å². The van der Waals surface area contributed by atoms with Gasteiger partial charge in [0.2, 0.25) is 5.91 Å². The van der Waals surface area contributed by atoms with Crippen molar-refractivity contribution in [3.8, 4) is 0 Å². The molecule has 0 atom stereocenters. The van der Waals surface area contributed by atoms with Gasteiger partial charge in [0.15, 0.2) is 0 Å². The maximum atomic E-state index is 12.4. The molecule has 136 valence electrons. The molecule has 5 nitrogen and oxygen atoms in total. The van der Waals surface area contributed by atoms with Crippen LogP contribution in [0.4, 0.5) is 5.69 Å². The van der Waals surface area contributed by atoms with Gasteiger partial charge >= 0.3 is 0 Å². The number of benzene rings is 2. The van der Waals surface area contributed by atoms with Crippen molar-refractivity contribution in [2.45, 2.75) is 24.2 Å². The lowest BCUT2D eigenvalue weighted by molar-refractivity contribution is -0.384. The number of rotatable bonds is 6. The van der Waals surface area contributed by atoms with Crippen molar-refractivity contribution in [1.29, 1.82) is 0 Å². The number of hydrogen-bond acceptors (Lipinski definition) is 4. The molecular formula is C20H22N2O3S. The lowest BCUT2D eigenvalue weighted by Gasteiger charge is -2.32. The minimum atomic E-state index is -0.417. The molecular weight excluding hydrogens is 348 g/mol. The van der Waals surface area contributed by atoms with E-state index in [4.69, 9.17) is 0 Å². The lowest BCUT2D eigenvalue weighted by Crippen LogP contribution is -2.39. The quantitative estimate of drug-likeness (QED) is 0.435. The van der Waals surface area contributed by atoms with Crippen LogP contribution < -0.4 is 0 Å². The predicted octanol–water partition coefficient (Wildman–Crippen LogP) is 4.17. The van der Waals surface area contributed by atoms with Crippen molar-refractivity contribution in [1.82, 2.24) is 4.90 Å². The fraction of sp³-hybridized carbons (Fsp3) is 0.350. The van der Waals surface area contributed by atoms with E-state index < -0.39 is 4.92 Å². The number of non-ortho nitro benzene ring substituents is 1. The molecule has 0 aliphatic carbocycles. The van der Waals surface area contributed by atoms with Crippen LogP contribution in [0, 0.1) is 16.0 Å². The lowest BCUT2D eigenvalue weighted by atomic mass is 9.90. The molecule has 0 radical (unpaired) electrons. The molecule has 1 fully saturated rings. The summed E-state index contributed by atoms with van der Waals surface area (Å²) in [6.07, 6.45) is 3.17. The van der Waals surface area contributed by atoms with Gasteiger partial charge in [-0.25, -0.2) is 0 Å². The monoisotopic (exact) mass is 370 g/mol. The van der Waals surface area contributed by atoms with Gasteiger partial charge in [-0.3, -0.25) is 14.9 Å². The third-order valence-electron chi connectivity index (χ3n) is 4.74. The molecule has 6 heteroatoms. The normalized spacial score (nSPS) is 15.0. The summed E-state index contributed by atoms with van der Waals surface area (Å²) in [4.78, 5) is 25.5. The summed E-state index contributed by atoms with van der Waals surface area (Å²) >= 11 is 1.43. The number of nitrogens with zero attached hydrogens (tertiary/aromatic N) is 2. The molecule has 3 rings (SSSR count). The molecule has 2 aromatic rings. The van der Waals surface area contributed by atoms with E-state index in [9.17, 15) is 14.9 Å². The Hall–Kier alpha value is -2.34. The average molecular weight is 370 g/mol. The fourth-order valence-electron chi connectivity index (χ4n) is 3.23. The summed E-state index contributed by atoms with van der Waals surface area (Å²) in [7, 11) is 0. The summed E-state index contributed by atoms with van der Waals surface area (Å²) in [5, 5.41) is 10.7. The molecule has 0 unspecified atom stereocenters. The second kappa shape index (κ2) is 8.85. The summed E-state index contributed by atoms with van der Waals surface area (Å²) in [6, 6.07) is 16.9. The van der Waals surface area contributed by atoms with Crippen molar-refractivity contribution in [2.24, 2.45) is 5.92 Å². The van der Waals surface area contributed by atoms with E-state index >= 15 is 0 Å². The van der Waals surface area contributed by atoms with Crippen molar-refractivity contribution in [3.63, 3.8) is 0 Å². The zero-order chi connectivity index (χ0) is 18.4. The fourth-order valence-corrected chi connectivity index (χ4v) is 4.04. The van der Waals surface area contributed by atoms with E-state index in [0.29, 0.717) is 11.7 Å². The molecule has 1 aliphatic rings. The van der Waals surface area contributed by atoms with E-state index in [1.54, 1.807) is 12.1 Å². The third kappa shape index (κ3) is 5.08. The first-order chi connectivity index (χ1) is 12.6. The van der Waals surface area contributed by atoms with Crippen LogP contribution in [0.5, 0.6) is 0 Å². The molecule has 1 saturated heterocycles. The molecule has 2 aromatic carbocycles. The highest BCUT2D eigenvalue weighted by atomic mass is 32.2. The molecule has 0 saturated carbocycles.